The fraction of sp³-hybridized carbons (Fsp3) is 0.0426. The largest absolute Gasteiger partial charge is 0.394 e. The molecule has 0 bridgehead atoms. The predicted octanol–water partition coefficient (Wildman–Crippen LogP) is 0.369. The molecule has 1 aromatic heterocycles. The van der Waals surface area contributed by atoms with Crippen LogP contribution in [0.5, 0.6) is 0 Å². The molecule has 3 nitrogen and oxygen atoms in total. The zero-order chi connectivity index (χ0) is 43.7. The van der Waals surface area contributed by atoms with Gasteiger partial charge >= 0.3 is 0 Å². The molecule has 9 aromatic carbocycles. The van der Waals surface area contributed by atoms with Gasteiger partial charge in [0.05, 0.1) is 40.1 Å². The summed E-state index contributed by atoms with van der Waals surface area (Å²) in [6.45, 7) is 0. The number of hydrogen-bond acceptors (Lipinski definition) is 2. The van der Waals surface area contributed by atoms with Crippen LogP contribution in [0.15, 0.2) is 115 Å². The second-order valence-corrected chi connectivity index (χ2v) is 16.0. The summed E-state index contributed by atoms with van der Waals surface area (Å²) in [7, 11) is 79.4. The minimum atomic E-state index is -2.43. The molecule has 0 amide bonds. The lowest BCUT2D eigenvalue weighted by Crippen LogP contribution is -2.50. The molecule has 10 rings (SSSR count). The van der Waals surface area contributed by atoms with Crippen molar-refractivity contribution >= 4 is 203 Å². The highest BCUT2D eigenvalue weighted by Gasteiger charge is 2.39. The molecule has 0 aliphatic rings. The maximum atomic E-state index is 11.4. The molecular formula is C47H20B12N2O. The van der Waals surface area contributed by atoms with Gasteiger partial charge in [-0.3, -0.25) is 4.57 Å². The Kier molecular flexibility index (Phi) is 9.33. The van der Waals surface area contributed by atoms with E-state index in [0.717, 1.165) is 37.9 Å². The van der Waals surface area contributed by atoms with Gasteiger partial charge in [-0.15, -0.1) is 27.0 Å². The first-order chi connectivity index (χ1) is 29.5. The zero-order valence-electron chi connectivity index (χ0n) is 33.2. The van der Waals surface area contributed by atoms with E-state index in [1.165, 1.54) is 0 Å². The van der Waals surface area contributed by atoms with Gasteiger partial charge in [-0.25, -0.2) is 4.98 Å². The van der Waals surface area contributed by atoms with Gasteiger partial charge in [-0.1, -0.05) is 101 Å². The van der Waals surface area contributed by atoms with Crippen molar-refractivity contribution in [3.05, 3.63) is 121 Å². The van der Waals surface area contributed by atoms with E-state index in [-0.39, 0.29) is 49.5 Å². The minimum absolute atomic E-state index is 0.0470. The van der Waals surface area contributed by atoms with Crippen LogP contribution in [-0.4, -0.2) is 109 Å². The van der Waals surface area contributed by atoms with E-state index in [2.05, 4.69) is 23.2 Å². The number of hydrogen-bond donors (Lipinski definition) is 1. The molecule has 0 aliphatic carbocycles. The number of rotatable bonds is 5. The molecule has 15 heteroatoms. The molecule has 1 N–H and O–H groups in total. The number of fused-ring (bicyclic) bond motifs is 7. The van der Waals surface area contributed by atoms with Crippen molar-refractivity contribution in [1.29, 1.82) is 0 Å². The second-order valence-electron chi connectivity index (χ2n) is 16.0. The number of aromatic nitrogens is 2. The number of imidazole rings is 1. The fourth-order valence-electron chi connectivity index (χ4n) is 9.03. The van der Waals surface area contributed by atoms with Crippen LogP contribution >= 0.6 is 0 Å². The Morgan fingerprint density at radius 3 is 1.56 bits per heavy atom. The summed E-state index contributed by atoms with van der Waals surface area (Å²) < 4.78 is 1.67. The van der Waals surface area contributed by atoms with Crippen molar-refractivity contribution < 1.29 is 5.11 Å². The summed E-state index contributed by atoms with van der Waals surface area (Å²) in [6.07, 6.45) is 0. The summed E-state index contributed by atoms with van der Waals surface area (Å²) in [5.74, 6) is -0.0470. The van der Waals surface area contributed by atoms with Crippen molar-refractivity contribution in [1.82, 2.24) is 9.55 Å². The van der Waals surface area contributed by atoms with Crippen LogP contribution in [0.4, 0.5) is 0 Å². The van der Waals surface area contributed by atoms with Crippen LogP contribution in [0.3, 0.4) is 0 Å². The first-order valence-corrected chi connectivity index (χ1v) is 19.6. The second kappa shape index (κ2) is 14.3. The first-order valence-electron chi connectivity index (χ1n) is 19.6. The highest BCUT2D eigenvalue weighted by atomic mass is 16.3. The molecule has 24 radical (unpaired) electrons. The van der Waals surface area contributed by atoms with Crippen molar-refractivity contribution in [2.75, 3.05) is 0 Å². The van der Waals surface area contributed by atoms with Crippen LogP contribution in [0.2, 0.25) is 5.11 Å². The van der Waals surface area contributed by atoms with Gasteiger partial charge in [0.15, 0.2) is 0 Å². The van der Waals surface area contributed by atoms with E-state index in [1.54, 1.807) is 10.6 Å². The van der Waals surface area contributed by atoms with Gasteiger partial charge in [-0.05, 0) is 113 Å². The Hall–Kier alpha value is -5.51. The van der Waals surface area contributed by atoms with Gasteiger partial charge in [0.1, 0.15) is 76.4 Å². The third-order valence-electron chi connectivity index (χ3n) is 12.3. The third-order valence-corrected chi connectivity index (χ3v) is 12.3. The van der Waals surface area contributed by atoms with Crippen molar-refractivity contribution in [3.63, 3.8) is 0 Å². The molecule has 0 fully saturated rings. The monoisotopic (exact) mass is 760 g/mol. The van der Waals surface area contributed by atoms with Crippen LogP contribution < -0.4 is 43.7 Å². The lowest BCUT2D eigenvalue weighted by Gasteiger charge is -2.39. The Labute approximate surface area is 375 Å². The molecule has 62 heavy (non-hydrogen) atoms. The van der Waals surface area contributed by atoms with Crippen molar-refractivity contribution in [2.45, 2.75) is 10.6 Å². The van der Waals surface area contributed by atoms with Crippen LogP contribution in [0.25, 0.3) is 92.8 Å². The Morgan fingerprint density at radius 2 is 0.952 bits per heavy atom. The third kappa shape index (κ3) is 5.76. The van der Waals surface area contributed by atoms with E-state index in [4.69, 9.17) is 94.2 Å². The summed E-state index contributed by atoms with van der Waals surface area (Å²) >= 11 is 0. The van der Waals surface area contributed by atoms with E-state index < -0.39 is 10.6 Å². The maximum Gasteiger partial charge on any atom is 0.135 e. The smallest absolute Gasteiger partial charge is 0.135 e. The first kappa shape index (κ1) is 40.6. The molecule has 1 heterocycles. The normalized spacial score (nSPS) is 13.2. The molecule has 0 saturated carbocycles. The SMILES string of the molecule is [B]c1c([B])c([B])c2c(-c3cc4ccccc4c4ccccc34)c3c([B])c([B])c([B])c([B])c3c(-c3ccc4cc(-n5c(C([B])(O)C([B])([B])[B])nc6ccccc65)ccc4c3)c2c1[B]. The summed E-state index contributed by atoms with van der Waals surface area (Å²) in [5, 5.41) is 16.8. The number of benzene rings is 9. The van der Waals surface area contributed by atoms with Crippen LogP contribution in [0.1, 0.15) is 5.82 Å². The van der Waals surface area contributed by atoms with Gasteiger partial charge in [0.25, 0.3) is 0 Å². The maximum absolute atomic E-state index is 11.4. The van der Waals surface area contributed by atoms with E-state index in [9.17, 15) is 5.11 Å². The summed E-state index contributed by atoms with van der Waals surface area (Å²) in [5.41, 5.74) is 3.32. The highest BCUT2D eigenvalue weighted by Crippen LogP contribution is 2.45. The number of nitrogens with zero attached hydrogens (tertiary/aromatic N) is 2. The van der Waals surface area contributed by atoms with E-state index >= 15 is 0 Å². The Morgan fingerprint density at radius 1 is 0.452 bits per heavy atom. The van der Waals surface area contributed by atoms with Gasteiger partial charge < -0.3 is 5.11 Å². The lowest BCUT2D eigenvalue weighted by molar-refractivity contribution is 0.118. The molecule has 10 aromatic rings. The molecule has 0 spiro atoms. The van der Waals surface area contributed by atoms with Gasteiger partial charge in [0, 0.05) is 5.69 Å². The average molecular weight is 758 g/mol. The molecular weight excluding hydrogens is 738 g/mol. The summed E-state index contributed by atoms with van der Waals surface area (Å²) in [4.78, 5) is 4.60. The Bertz CT molecular complexity index is 3520. The predicted molar refractivity (Wildman–Crippen MR) is 272 cm³/mol. The van der Waals surface area contributed by atoms with Crippen LogP contribution in [0, 0.1) is 0 Å². The summed E-state index contributed by atoms with van der Waals surface area (Å²) in [6, 6.07) is 37.1. The fourth-order valence-corrected chi connectivity index (χ4v) is 9.03. The van der Waals surface area contributed by atoms with Crippen molar-refractivity contribution in [3.8, 4) is 27.9 Å². The average Bonchev–Trinajstić information content (AvgIpc) is 3.67. The minimum Gasteiger partial charge on any atom is -0.394 e. The van der Waals surface area contributed by atoms with E-state index in [1.807, 2.05) is 91.0 Å². The number of aliphatic hydroxyl groups is 1. The van der Waals surface area contributed by atoms with Crippen LogP contribution in [-0.2, 0) is 5.50 Å². The van der Waals surface area contributed by atoms with E-state index in [0.29, 0.717) is 55.0 Å². The lowest BCUT2D eigenvalue weighted by atomic mass is 9.32. The topological polar surface area (TPSA) is 38.0 Å². The molecule has 0 saturated heterocycles. The zero-order valence-corrected chi connectivity index (χ0v) is 33.2. The van der Waals surface area contributed by atoms with Gasteiger partial charge in [-0.2, -0.15) is 0 Å². The molecule has 1 atom stereocenters. The standard InChI is InChI=1S/C47H20B12N2O/c48-37-33-31(23-14-13-21-18-24(16-15-20(21)17-23)61-30-12-6-5-11-29(30)60-45(61)46(56,62)47(57,58)59)34-36(40(51)44(55)42(53)38(34)49)32(35(33)39(50)43(54)41(37)52)28-19-22-7-1-2-8-25(22)26-9-3-4-10-27(26)28/h1-19,62H. The Balaban J connectivity index is 1.31. The highest BCUT2D eigenvalue weighted by molar-refractivity contribution is 6.71. The molecule has 0 aliphatic heterocycles. The molecule has 1 unspecified atom stereocenters. The van der Waals surface area contributed by atoms with Gasteiger partial charge in [0.2, 0.25) is 0 Å². The molecule has 260 valence electrons. The van der Waals surface area contributed by atoms with Crippen molar-refractivity contribution in [2.24, 2.45) is 0 Å². The number of para-hydroxylation sites is 2. The quantitative estimate of drug-likeness (QED) is 0.157.